The van der Waals surface area contributed by atoms with Crippen LogP contribution in [0.1, 0.15) is 10.4 Å². The summed E-state index contributed by atoms with van der Waals surface area (Å²) in [7, 11) is 1.46. The summed E-state index contributed by atoms with van der Waals surface area (Å²) < 4.78 is 0. The number of hydrogen-bond acceptors (Lipinski definition) is 3. The van der Waals surface area contributed by atoms with E-state index in [1.165, 1.54) is 25.2 Å². The second kappa shape index (κ2) is 6.44. The molecule has 0 bridgehead atoms. The van der Waals surface area contributed by atoms with E-state index in [-0.39, 0.29) is 18.1 Å². The Balaban J connectivity index is 2.55. The fourth-order valence-corrected chi connectivity index (χ4v) is 1.51. The van der Waals surface area contributed by atoms with Gasteiger partial charge in [0.05, 0.1) is 0 Å². The zero-order valence-electron chi connectivity index (χ0n) is 8.92. The number of amides is 2. The van der Waals surface area contributed by atoms with Crippen molar-refractivity contribution in [2.45, 2.75) is 0 Å². The summed E-state index contributed by atoms with van der Waals surface area (Å²) in [6.07, 6.45) is 0. The highest BCUT2D eigenvalue weighted by molar-refractivity contribution is 6.35. The molecule has 1 rings (SSSR count). The van der Waals surface area contributed by atoms with Crippen molar-refractivity contribution in [2.24, 2.45) is 0 Å². The maximum absolute atomic E-state index is 11.5. The lowest BCUT2D eigenvalue weighted by Gasteiger charge is -2.05. The van der Waals surface area contributed by atoms with Gasteiger partial charge in [-0.25, -0.2) is 5.48 Å². The first kappa shape index (κ1) is 13.8. The van der Waals surface area contributed by atoms with Crippen molar-refractivity contribution in [2.75, 3.05) is 13.7 Å². The standard InChI is InChI=1S/C10H10Cl2N2O3/c1-13-9(15)5-17-14-10(16)6-2-7(11)4-8(12)3-6/h2-4H,5H2,1H3,(H,13,15)(H,14,16). The molecule has 0 spiro atoms. The normalized spacial score (nSPS) is 9.82. The number of benzene rings is 1. The molecule has 0 aliphatic carbocycles. The topological polar surface area (TPSA) is 67.4 Å². The van der Waals surface area contributed by atoms with Crippen molar-refractivity contribution in [3.05, 3.63) is 33.8 Å². The van der Waals surface area contributed by atoms with E-state index in [4.69, 9.17) is 23.2 Å². The van der Waals surface area contributed by atoms with Crippen molar-refractivity contribution >= 4 is 35.0 Å². The number of halogens is 2. The highest BCUT2D eigenvalue weighted by Gasteiger charge is 2.08. The van der Waals surface area contributed by atoms with Crippen molar-refractivity contribution in [1.82, 2.24) is 10.8 Å². The van der Waals surface area contributed by atoms with Crippen molar-refractivity contribution in [3.63, 3.8) is 0 Å². The fourth-order valence-electron chi connectivity index (χ4n) is 0.983. The Hall–Kier alpha value is -1.30. The number of nitrogens with one attached hydrogen (secondary N) is 2. The van der Waals surface area contributed by atoms with Gasteiger partial charge in [-0.05, 0) is 18.2 Å². The number of hydroxylamine groups is 1. The molecule has 0 aliphatic heterocycles. The molecule has 1 aromatic carbocycles. The van der Waals surface area contributed by atoms with Crippen molar-refractivity contribution in [3.8, 4) is 0 Å². The van der Waals surface area contributed by atoms with Crippen LogP contribution in [-0.2, 0) is 9.63 Å². The number of rotatable bonds is 4. The van der Waals surface area contributed by atoms with Crippen LogP contribution >= 0.6 is 23.2 Å². The molecule has 5 nitrogen and oxygen atoms in total. The summed E-state index contributed by atoms with van der Waals surface area (Å²) in [4.78, 5) is 27.0. The monoisotopic (exact) mass is 276 g/mol. The van der Waals surface area contributed by atoms with E-state index in [1.807, 2.05) is 0 Å². The maximum Gasteiger partial charge on any atom is 0.274 e. The molecule has 17 heavy (non-hydrogen) atoms. The maximum atomic E-state index is 11.5. The summed E-state index contributed by atoms with van der Waals surface area (Å²) in [6, 6.07) is 4.38. The van der Waals surface area contributed by atoms with Gasteiger partial charge < -0.3 is 5.32 Å². The highest BCUT2D eigenvalue weighted by Crippen LogP contribution is 2.18. The predicted octanol–water partition coefficient (Wildman–Crippen LogP) is 1.40. The van der Waals surface area contributed by atoms with Crippen molar-refractivity contribution in [1.29, 1.82) is 0 Å². The number of likely N-dealkylation sites (N-methyl/N-ethyl adjacent to an activating group) is 1. The summed E-state index contributed by atoms with van der Waals surface area (Å²) in [6.45, 7) is -0.267. The van der Waals surface area contributed by atoms with Crippen LogP contribution in [0.4, 0.5) is 0 Å². The summed E-state index contributed by atoms with van der Waals surface area (Å²) in [5.74, 6) is -0.882. The molecular weight excluding hydrogens is 267 g/mol. The van der Waals surface area contributed by atoms with E-state index >= 15 is 0 Å². The third-order valence-electron chi connectivity index (χ3n) is 1.77. The van der Waals surface area contributed by atoms with E-state index in [1.54, 1.807) is 0 Å². The van der Waals surface area contributed by atoms with Gasteiger partial charge in [0.15, 0.2) is 6.61 Å². The van der Waals surface area contributed by atoms with Crippen LogP contribution in [0.5, 0.6) is 0 Å². The molecule has 2 amide bonds. The van der Waals surface area contributed by atoms with Gasteiger partial charge in [-0.3, -0.25) is 14.4 Å². The van der Waals surface area contributed by atoms with Gasteiger partial charge >= 0.3 is 0 Å². The SMILES string of the molecule is CNC(=O)CONC(=O)c1cc(Cl)cc(Cl)c1. The van der Waals surface area contributed by atoms with Gasteiger partial charge in [0.2, 0.25) is 5.91 Å². The van der Waals surface area contributed by atoms with Crippen LogP contribution in [0.2, 0.25) is 10.0 Å². The van der Waals surface area contributed by atoms with Crippen LogP contribution in [0.3, 0.4) is 0 Å². The molecule has 0 heterocycles. The first-order valence-electron chi connectivity index (χ1n) is 4.61. The largest absolute Gasteiger partial charge is 0.357 e. The molecule has 7 heteroatoms. The Kier molecular flexibility index (Phi) is 5.21. The zero-order chi connectivity index (χ0) is 12.8. The fraction of sp³-hybridized carbons (Fsp3) is 0.200. The number of carbonyl (C=O) groups excluding carboxylic acids is 2. The number of carbonyl (C=O) groups is 2. The smallest absolute Gasteiger partial charge is 0.274 e. The molecule has 0 saturated heterocycles. The van der Waals surface area contributed by atoms with Crippen LogP contribution in [0, 0.1) is 0 Å². The molecule has 92 valence electrons. The number of hydrogen-bond donors (Lipinski definition) is 2. The zero-order valence-corrected chi connectivity index (χ0v) is 10.4. The molecule has 2 N–H and O–H groups in total. The summed E-state index contributed by atoms with van der Waals surface area (Å²) >= 11 is 11.5. The quantitative estimate of drug-likeness (QED) is 0.817. The lowest BCUT2D eigenvalue weighted by Crippen LogP contribution is -2.31. The van der Waals surface area contributed by atoms with Crippen molar-refractivity contribution < 1.29 is 14.4 Å². The Morgan fingerprint density at radius 3 is 2.35 bits per heavy atom. The second-order valence-electron chi connectivity index (χ2n) is 3.05. The van der Waals surface area contributed by atoms with Gasteiger partial charge in [0.25, 0.3) is 5.91 Å². The van der Waals surface area contributed by atoms with Gasteiger partial charge in [0, 0.05) is 22.7 Å². The van der Waals surface area contributed by atoms with E-state index in [2.05, 4.69) is 15.6 Å². The minimum Gasteiger partial charge on any atom is -0.357 e. The van der Waals surface area contributed by atoms with Gasteiger partial charge in [-0.15, -0.1) is 0 Å². The molecule has 0 saturated carbocycles. The third kappa shape index (κ3) is 4.60. The van der Waals surface area contributed by atoms with Gasteiger partial charge in [-0.1, -0.05) is 23.2 Å². The molecule has 0 atom stereocenters. The van der Waals surface area contributed by atoms with Gasteiger partial charge in [-0.2, -0.15) is 0 Å². The Morgan fingerprint density at radius 1 is 1.24 bits per heavy atom. The van der Waals surface area contributed by atoms with E-state index in [0.29, 0.717) is 10.0 Å². The van der Waals surface area contributed by atoms with Crippen LogP contribution < -0.4 is 10.8 Å². The minimum atomic E-state index is -0.529. The Bertz CT molecular complexity index is 417. The molecule has 0 radical (unpaired) electrons. The van der Waals surface area contributed by atoms with Crippen LogP contribution in [-0.4, -0.2) is 25.5 Å². The minimum absolute atomic E-state index is 0.249. The average Bonchev–Trinajstić information content (AvgIpc) is 2.27. The Morgan fingerprint density at radius 2 is 1.82 bits per heavy atom. The molecule has 0 fully saturated rings. The highest BCUT2D eigenvalue weighted by atomic mass is 35.5. The first-order chi connectivity index (χ1) is 8.02. The molecule has 0 unspecified atom stereocenters. The molecular formula is C10H10Cl2N2O3. The predicted molar refractivity (Wildman–Crippen MR) is 63.9 cm³/mol. The van der Waals surface area contributed by atoms with Crippen LogP contribution in [0.25, 0.3) is 0 Å². The average molecular weight is 277 g/mol. The Labute approximate surface area is 108 Å². The van der Waals surface area contributed by atoms with E-state index < -0.39 is 5.91 Å². The second-order valence-corrected chi connectivity index (χ2v) is 3.92. The lowest BCUT2D eigenvalue weighted by atomic mass is 10.2. The van der Waals surface area contributed by atoms with E-state index in [0.717, 1.165) is 0 Å². The van der Waals surface area contributed by atoms with Crippen LogP contribution in [0.15, 0.2) is 18.2 Å². The summed E-state index contributed by atoms with van der Waals surface area (Å²) in [5.41, 5.74) is 2.35. The molecule has 1 aromatic rings. The third-order valence-corrected chi connectivity index (χ3v) is 2.21. The molecule has 0 aromatic heterocycles. The molecule has 0 aliphatic rings. The van der Waals surface area contributed by atoms with Gasteiger partial charge in [0.1, 0.15) is 0 Å². The summed E-state index contributed by atoms with van der Waals surface area (Å²) in [5, 5.41) is 3.02. The first-order valence-corrected chi connectivity index (χ1v) is 5.37. The van der Waals surface area contributed by atoms with E-state index in [9.17, 15) is 9.59 Å². The lowest BCUT2D eigenvalue weighted by molar-refractivity contribution is -0.126.